The maximum Gasteiger partial charge on any atom is 0.267 e. The number of hydrogen-bond acceptors (Lipinski definition) is 3. The molecule has 20 heavy (non-hydrogen) atoms. The molecule has 1 aromatic carbocycles. The summed E-state index contributed by atoms with van der Waals surface area (Å²) < 4.78 is 0. The van der Waals surface area contributed by atoms with Crippen molar-refractivity contribution in [3.05, 3.63) is 34.9 Å². The van der Waals surface area contributed by atoms with Crippen molar-refractivity contribution < 1.29 is 9.63 Å². The first kappa shape index (κ1) is 14.9. The minimum Gasteiger partial charge on any atom is -0.379 e. The Bertz CT molecular complexity index is 525. The normalized spacial score (nSPS) is 21.6. The van der Waals surface area contributed by atoms with Crippen molar-refractivity contribution in [1.29, 1.82) is 0 Å². The van der Waals surface area contributed by atoms with Gasteiger partial charge in [0, 0.05) is 18.0 Å². The molecule has 1 amide bonds. The Hall–Kier alpha value is -1.55. The van der Waals surface area contributed by atoms with Gasteiger partial charge in [-0.2, -0.15) is 0 Å². The van der Waals surface area contributed by atoms with Crippen molar-refractivity contribution in [3.8, 4) is 0 Å². The van der Waals surface area contributed by atoms with E-state index in [1.54, 1.807) is 19.1 Å². The van der Waals surface area contributed by atoms with Gasteiger partial charge in [-0.15, -0.1) is 0 Å². The van der Waals surface area contributed by atoms with Gasteiger partial charge in [0.2, 0.25) is 5.60 Å². The lowest BCUT2D eigenvalue weighted by Crippen LogP contribution is -2.45. The second-order valence-electron chi connectivity index (χ2n) is 5.65. The molecule has 1 aliphatic rings. The summed E-state index contributed by atoms with van der Waals surface area (Å²) in [5.41, 5.74) is 0.766. The van der Waals surface area contributed by atoms with Crippen LogP contribution in [0.5, 0.6) is 0 Å². The Morgan fingerprint density at radius 1 is 1.45 bits per heavy atom. The summed E-state index contributed by atoms with van der Waals surface area (Å²) in [7, 11) is 0. The van der Waals surface area contributed by atoms with Gasteiger partial charge in [-0.05, 0) is 30.5 Å². The molecular weight excluding hydrogens is 276 g/mol. The van der Waals surface area contributed by atoms with E-state index in [9.17, 15) is 4.79 Å². The molecule has 1 aromatic rings. The van der Waals surface area contributed by atoms with E-state index in [0.717, 1.165) is 11.3 Å². The van der Waals surface area contributed by atoms with Crippen molar-refractivity contribution in [2.75, 3.05) is 6.54 Å². The second kappa shape index (κ2) is 5.83. The fraction of sp³-hybridized carbons (Fsp3) is 0.467. The molecule has 0 spiro atoms. The van der Waals surface area contributed by atoms with Gasteiger partial charge < -0.3 is 10.2 Å². The van der Waals surface area contributed by atoms with E-state index in [1.807, 2.05) is 26.0 Å². The molecule has 108 valence electrons. The van der Waals surface area contributed by atoms with E-state index < -0.39 is 5.60 Å². The maximum atomic E-state index is 12.2. The molecule has 1 N–H and O–H groups in total. The third-order valence-corrected chi connectivity index (χ3v) is 3.44. The molecule has 0 saturated heterocycles. The highest BCUT2D eigenvalue weighted by molar-refractivity contribution is 6.30. The first-order valence-corrected chi connectivity index (χ1v) is 7.08. The first-order valence-electron chi connectivity index (χ1n) is 6.70. The van der Waals surface area contributed by atoms with Gasteiger partial charge in [-0.1, -0.05) is 42.7 Å². The highest BCUT2D eigenvalue weighted by atomic mass is 35.5. The van der Waals surface area contributed by atoms with Crippen LogP contribution in [0.15, 0.2) is 29.4 Å². The van der Waals surface area contributed by atoms with Crippen LogP contribution in [0.1, 0.15) is 32.8 Å². The first-order chi connectivity index (χ1) is 9.40. The molecule has 0 fully saturated rings. The maximum absolute atomic E-state index is 12.2. The molecule has 5 heteroatoms. The van der Waals surface area contributed by atoms with Crippen molar-refractivity contribution in [3.63, 3.8) is 0 Å². The van der Waals surface area contributed by atoms with Gasteiger partial charge in [0.15, 0.2) is 0 Å². The Morgan fingerprint density at radius 2 is 2.10 bits per heavy atom. The minimum atomic E-state index is -0.927. The number of nitrogens with zero attached hydrogens (tertiary/aromatic N) is 1. The fourth-order valence-electron chi connectivity index (χ4n) is 1.94. The molecule has 2 rings (SSSR count). The highest BCUT2D eigenvalue weighted by Gasteiger charge is 2.42. The number of carbonyl (C=O) groups is 1. The molecule has 0 saturated carbocycles. The summed E-state index contributed by atoms with van der Waals surface area (Å²) in [6.45, 7) is 6.49. The van der Waals surface area contributed by atoms with E-state index >= 15 is 0 Å². The molecule has 0 aliphatic carbocycles. The molecule has 0 radical (unpaired) electrons. The Labute approximate surface area is 124 Å². The van der Waals surface area contributed by atoms with Crippen molar-refractivity contribution in [1.82, 2.24) is 5.32 Å². The number of rotatable bonds is 4. The summed E-state index contributed by atoms with van der Waals surface area (Å²) in [5.74, 6) is 0.277. The van der Waals surface area contributed by atoms with Gasteiger partial charge in [0.05, 0.1) is 5.71 Å². The number of nitrogens with one attached hydrogen (secondary N) is 1. The predicted octanol–water partition coefficient (Wildman–Crippen LogP) is 3.00. The average molecular weight is 295 g/mol. The van der Waals surface area contributed by atoms with Crippen LogP contribution < -0.4 is 5.32 Å². The van der Waals surface area contributed by atoms with Gasteiger partial charge in [-0.25, -0.2) is 0 Å². The van der Waals surface area contributed by atoms with Crippen LogP contribution in [0.3, 0.4) is 0 Å². The topological polar surface area (TPSA) is 50.7 Å². The molecule has 1 heterocycles. The van der Waals surface area contributed by atoms with Crippen LogP contribution in [0, 0.1) is 5.92 Å². The van der Waals surface area contributed by atoms with Crippen LogP contribution >= 0.6 is 11.6 Å². The lowest BCUT2D eigenvalue weighted by molar-refractivity contribution is -0.141. The highest BCUT2D eigenvalue weighted by Crippen LogP contribution is 2.27. The number of oxime groups is 1. The Morgan fingerprint density at radius 3 is 2.70 bits per heavy atom. The number of carbonyl (C=O) groups excluding carboxylic acids is 1. The molecule has 0 bridgehead atoms. The Balaban J connectivity index is 2.02. The monoisotopic (exact) mass is 294 g/mol. The zero-order valence-corrected chi connectivity index (χ0v) is 12.7. The zero-order valence-electron chi connectivity index (χ0n) is 11.9. The summed E-state index contributed by atoms with van der Waals surface area (Å²) in [4.78, 5) is 17.5. The number of benzene rings is 1. The number of amides is 1. The van der Waals surface area contributed by atoms with Crippen molar-refractivity contribution in [2.24, 2.45) is 11.1 Å². The predicted molar refractivity (Wildman–Crippen MR) is 79.9 cm³/mol. The van der Waals surface area contributed by atoms with E-state index in [-0.39, 0.29) is 5.91 Å². The van der Waals surface area contributed by atoms with Gasteiger partial charge >= 0.3 is 0 Å². The fourth-order valence-corrected chi connectivity index (χ4v) is 2.07. The van der Waals surface area contributed by atoms with Crippen LogP contribution in [0.25, 0.3) is 0 Å². The van der Waals surface area contributed by atoms with Gasteiger partial charge in [-0.3, -0.25) is 4.79 Å². The second-order valence-corrected chi connectivity index (χ2v) is 6.08. The average Bonchev–Trinajstić information content (AvgIpc) is 2.81. The van der Waals surface area contributed by atoms with E-state index in [4.69, 9.17) is 16.4 Å². The summed E-state index contributed by atoms with van der Waals surface area (Å²) >= 11 is 5.86. The molecule has 4 nitrogen and oxygen atoms in total. The number of halogens is 1. The lowest BCUT2D eigenvalue weighted by atomic mass is 9.95. The largest absolute Gasteiger partial charge is 0.379 e. The SMILES string of the molecule is CC(C)CNC(=O)C1(C)CC(c2ccc(Cl)cc2)=NO1. The molecular formula is C15H19ClN2O2. The van der Waals surface area contributed by atoms with Gasteiger partial charge in [0.1, 0.15) is 0 Å². The van der Waals surface area contributed by atoms with Gasteiger partial charge in [0.25, 0.3) is 5.91 Å². The standard InChI is InChI=1S/C15H19ClN2O2/c1-10(2)9-17-14(19)15(3)8-13(18-20-15)11-4-6-12(16)7-5-11/h4-7,10H,8-9H2,1-3H3,(H,17,19). The molecule has 1 aliphatic heterocycles. The van der Waals surface area contributed by atoms with Crippen LogP contribution in [-0.2, 0) is 9.63 Å². The summed E-state index contributed by atoms with van der Waals surface area (Å²) in [6, 6.07) is 7.35. The van der Waals surface area contributed by atoms with E-state index in [1.165, 1.54) is 0 Å². The zero-order chi connectivity index (χ0) is 14.8. The van der Waals surface area contributed by atoms with E-state index in [0.29, 0.717) is 23.9 Å². The molecule has 1 atom stereocenters. The van der Waals surface area contributed by atoms with Crippen LogP contribution in [0.2, 0.25) is 5.02 Å². The van der Waals surface area contributed by atoms with Crippen molar-refractivity contribution in [2.45, 2.75) is 32.8 Å². The third kappa shape index (κ3) is 3.31. The quantitative estimate of drug-likeness (QED) is 0.928. The summed E-state index contributed by atoms with van der Waals surface area (Å²) in [5, 5.41) is 7.61. The smallest absolute Gasteiger partial charge is 0.267 e. The summed E-state index contributed by atoms with van der Waals surface area (Å²) in [6.07, 6.45) is 0.457. The van der Waals surface area contributed by atoms with Crippen LogP contribution in [0.4, 0.5) is 0 Å². The van der Waals surface area contributed by atoms with E-state index in [2.05, 4.69) is 10.5 Å². The Kier molecular flexibility index (Phi) is 4.33. The lowest BCUT2D eigenvalue weighted by Gasteiger charge is -2.21. The van der Waals surface area contributed by atoms with Crippen LogP contribution in [-0.4, -0.2) is 23.8 Å². The molecule has 0 aromatic heterocycles. The number of hydrogen-bond donors (Lipinski definition) is 1. The third-order valence-electron chi connectivity index (χ3n) is 3.19. The molecule has 1 unspecified atom stereocenters. The van der Waals surface area contributed by atoms with Crippen molar-refractivity contribution >= 4 is 23.2 Å². The minimum absolute atomic E-state index is 0.126.